The first kappa shape index (κ1) is 14.1. The lowest BCUT2D eigenvalue weighted by molar-refractivity contribution is -0.117. The minimum atomic E-state index is 0.0301. The third-order valence-electron chi connectivity index (χ3n) is 4.01. The lowest BCUT2D eigenvalue weighted by Crippen LogP contribution is -2.40. The van der Waals surface area contributed by atoms with Gasteiger partial charge in [-0.15, -0.1) is 0 Å². The van der Waals surface area contributed by atoms with Crippen molar-refractivity contribution in [1.29, 1.82) is 0 Å². The summed E-state index contributed by atoms with van der Waals surface area (Å²) < 4.78 is 5.27. The number of anilines is 1. The molecule has 0 N–H and O–H groups in total. The molecule has 0 radical (unpaired) electrons. The van der Waals surface area contributed by atoms with Gasteiger partial charge in [-0.05, 0) is 30.2 Å². The van der Waals surface area contributed by atoms with Gasteiger partial charge in [0.15, 0.2) is 0 Å². The highest BCUT2D eigenvalue weighted by molar-refractivity contribution is 6.03. The molecule has 112 valence electrons. The summed E-state index contributed by atoms with van der Waals surface area (Å²) in [5.74, 6) is 0.158. The molecule has 0 aliphatic carbocycles. The average molecular weight is 288 g/mol. The quantitative estimate of drug-likeness (QED) is 0.846. The molecule has 0 unspecified atom stereocenters. The summed E-state index contributed by atoms with van der Waals surface area (Å²) in [5.41, 5.74) is 2.59. The predicted octanol–water partition coefficient (Wildman–Crippen LogP) is 1.46. The number of fused-ring (bicyclic) bond motifs is 1. The van der Waals surface area contributed by atoms with Gasteiger partial charge in [0.2, 0.25) is 5.91 Å². The molecule has 1 fully saturated rings. The van der Waals surface area contributed by atoms with Gasteiger partial charge in [-0.1, -0.05) is 6.92 Å². The lowest BCUT2D eigenvalue weighted by atomic mass is 10.1. The van der Waals surface area contributed by atoms with Gasteiger partial charge in [0.25, 0.3) is 5.91 Å². The molecule has 1 saturated heterocycles. The molecule has 0 atom stereocenters. The number of benzene rings is 1. The van der Waals surface area contributed by atoms with E-state index in [-0.39, 0.29) is 11.8 Å². The van der Waals surface area contributed by atoms with Crippen LogP contribution in [0.25, 0.3) is 0 Å². The van der Waals surface area contributed by atoms with Crippen LogP contribution in [-0.2, 0) is 16.0 Å². The number of rotatable bonds is 3. The van der Waals surface area contributed by atoms with Crippen molar-refractivity contribution >= 4 is 17.5 Å². The van der Waals surface area contributed by atoms with Crippen LogP contribution in [0.3, 0.4) is 0 Å². The maximum atomic E-state index is 12.5. The molecule has 2 amide bonds. The van der Waals surface area contributed by atoms with Crippen LogP contribution in [-0.4, -0.2) is 49.6 Å². The second-order valence-corrected chi connectivity index (χ2v) is 5.47. The fraction of sp³-hybridized carbons (Fsp3) is 0.500. The molecular weight excluding hydrogens is 268 g/mol. The molecule has 2 aliphatic rings. The van der Waals surface area contributed by atoms with Crippen LogP contribution in [0.2, 0.25) is 0 Å². The fourth-order valence-electron chi connectivity index (χ4n) is 2.93. The Morgan fingerprint density at radius 3 is 2.76 bits per heavy atom. The molecule has 5 heteroatoms. The number of hydrogen-bond acceptors (Lipinski definition) is 3. The maximum absolute atomic E-state index is 12.5. The van der Waals surface area contributed by atoms with Crippen LogP contribution in [0.1, 0.15) is 29.3 Å². The number of ether oxygens (including phenoxy) is 1. The molecule has 2 aliphatic heterocycles. The van der Waals surface area contributed by atoms with Crippen LogP contribution >= 0.6 is 0 Å². The Morgan fingerprint density at radius 1 is 1.29 bits per heavy atom. The molecular formula is C16H20N2O3. The van der Waals surface area contributed by atoms with Crippen molar-refractivity contribution in [3.05, 3.63) is 29.3 Å². The van der Waals surface area contributed by atoms with Gasteiger partial charge in [-0.2, -0.15) is 0 Å². The van der Waals surface area contributed by atoms with Crippen molar-refractivity contribution in [3.63, 3.8) is 0 Å². The van der Waals surface area contributed by atoms with Crippen molar-refractivity contribution in [3.8, 4) is 0 Å². The van der Waals surface area contributed by atoms with E-state index in [1.54, 1.807) is 0 Å². The fourth-order valence-corrected chi connectivity index (χ4v) is 2.93. The molecule has 0 saturated carbocycles. The van der Waals surface area contributed by atoms with E-state index in [0.29, 0.717) is 38.3 Å². The third-order valence-corrected chi connectivity index (χ3v) is 4.01. The molecule has 0 spiro atoms. The van der Waals surface area contributed by atoms with E-state index in [0.717, 1.165) is 24.2 Å². The zero-order chi connectivity index (χ0) is 14.8. The third kappa shape index (κ3) is 2.65. The van der Waals surface area contributed by atoms with Gasteiger partial charge in [-0.25, -0.2) is 0 Å². The molecule has 5 nitrogen and oxygen atoms in total. The zero-order valence-electron chi connectivity index (χ0n) is 12.3. The summed E-state index contributed by atoms with van der Waals surface area (Å²) in [6.07, 6.45) is 1.33. The van der Waals surface area contributed by atoms with Crippen LogP contribution in [0.15, 0.2) is 18.2 Å². The minimum Gasteiger partial charge on any atom is -0.378 e. The molecule has 3 rings (SSSR count). The Balaban J connectivity index is 1.82. The van der Waals surface area contributed by atoms with Crippen LogP contribution in [0, 0.1) is 0 Å². The second-order valence-electron chi connectivity index (χ2n) is 5.47. The Kier molecular flexibility index (Phi) is 3.92. The van der Waals surface area contributed by atoms with E-state index in [2.05, 4.69) is 6.92 Å². The number of amides is 2. The number of hydrogen-bond donors (Lipinski definition) is 0. The van der Waals surface area contributed by atoms with Crippen molar-refractivity contribution in [2.24, 2.45) is 0 Å². The monoisotopic (exact) mass is 288 g/mol. The first-order valence-electron chi connectivity index (χ1n) is 7.51. The lowest BCUT2D eigenvalue weighted by Gasteiger charge is -2.27. The van der Waals surface area contributed by atoms with Gasteiger partial charge in [0.1, 0.15) is 0 Å². The van der Waals surface area contributed by atoms with Gasteiger partial charge in [0, 0.05) is 30.9 Å². The van der Waals surface area contributed by atoms with E-state index in [9.17, 15) is 9.59 Å². The molecule has 0 bridgehead atoms. The number of carbonyl (C=O) groups is 2. The zero-order valence-corrected chi connectivity index (χ0v) is 12.3. The van der Waals surface area contributed by atoms with Crippen LogP contribution in [0.4, 0.5) is 5.69 Å². The van der Waals surface area contributed by atoms with Gasteiger partial charge < -0.3 is 14.5 Å². The molecule has 2 heterocycles. The topological polar surface area (TPSA) is 49.9 Å². The number of carbonyl (C=O) groups excluding carboxylic acids is 2. The van der Waals surface area contributed by atoms with E-state index in [1.165, 1.54) is 0 Å². The van der Waals surface area contributed by atoms with Gasteiger partial charge in [0.05, 0.1) is 19.6 Å². The minimum absolute atomic E-state index is 0.0301. The maximum Gasteiger partial charge on any atom is 0.254 e. The number of morpholine rings is 1. The van der Waals surface area contributed by atoms with Crippen LogP contribution < -0.4 is 4.90 Å². The summed E-state index contributed by atoms with van der Waals surface area (Å²) >= 11 is 0. The average Bonchev–Trinajstić information content (AvgIpc) is 2.83. The molecule has 0 aromatic heterocycles. The van der Waals surface area contributed by atoms with E-state index >= 15 is 0 Å². The largest absolute Gasteiger partial charge is 0.378 e. The Morgan fingerprint density at radius 2 is 2.05 bits per heavy atom. The normalized spacial score (nSPS) is 18.0. The summed E-state index contributed by atoms with van der Waals surface area (Å²) in [6.45, 7) is 5.26. The summed E-state index contributed by atoms with van der Waals surface area (Å²) in [5, 5.41) is 0. The summed E-state index contributed by atoms with van der Waals surface area (Å²) in [4.78, 5) is 28.1. The number of nitrogens with zero attached hydrogens (tertiary/aromatic N) is 2. The van der Waals surface area contributed by atoms with Crippen LogP contribution in [0.5, 0.6) is 0 Å². The van der Waals surface area contributed by atoms with Gasteiger partial charge in [-0.3, -0.25) is 9.59 Å². The highest BCUT2D eigenvalue weighted by atomic mass is 16.5. The van der Waals surface area contributed by atoms with Crippen molar-refractivity contribution in [1.82, 2.24) is 4.90 Å². The van der Waals surface area contributed by atoms with Crippen molar-refractivity contribution in [2.75, 3.05) is 37.7 Å². The van der Waals surface area contributed by atoms with Crippen molar-refractivity contribution < 1.29 is 14.3 Å². The van der Waals surface area contributed by atoms with E-state index < -0.39 is 0 Å². The molecule has 1 aromatic carbocycles. The van der Waals surface area contributed by atoms with E-state index in [1.807, 2.05) is 28.0 Å². The summed E-state index contributed by atoms with van der Waals surface area (Å²) in [6, 6.07) is 5.61. The molecule has 21 heavy (non-hydrogen) atoms. The Bertz CT molecular complexity index is 565. The first-order valence-corrected chi connectivity index (χ1v) is 7.51. The Hall–Kier alpha value is -1.88. The highest BCUT2D eigenvalue weighted by Gasteiger charge is 2.28. The van der Waals surface area contributed by atoms with Crippen molar-refractivity contribution in [2.45, 2.75) is 19.8 Å². The smallest absolute Gasteiger partial charge is 0.254 e. The summed E-state index contributed by atoms with van der Waals surface area (Å²) in [7, 11) is 0. The SMILES string of the molecule is CCCN1C(=O)Cc2cc(C(=O)N3CCOCC3)ccc21. The first-order chi connectivity index (χ1) is 10.2. The standard InChI is InChI=1S/C16H20N2O3/c1-2-5-18-14-4-3-12(10-13(14)11-15(18)19)16(20)17-6-8-21-9-7-17/h3-4,10H,2,5-9,11H2,1H3. The van der Waals surface area contributed by atoms with E-state index in [4.69, 9.17) is 4.74 Å². The highest BCUT2D eigenvalue weighted by Crippen LogP contribution is 2.30. The molecule has 1 aromatic rings. The Labute approximate surface area is 124 Å². The second kappa shape index (κ2) is 5.85. The van der Waals surface area contributed by atoms with Gasteiger partial charge >= 0.3 is 0 Å². The predicted molar refractivity (Wildman–Crippen MR) is 79.5 cm³/mol.